The van der Waals surface area contributed by atoms with E-state index in [4.69, 9.17) is 42.1 Å². The fourth-order valence-corrected chi connectivity index (χ4v) is 3.52. The van der Waals surface area contributed by atoms with Crippen LogP contribution in [-0.2, 0) is 19.0 Å². The van der Waals surface area contributed by atoms with E-state index in [-0.39, 0.29) is 18.4 Å². The highest BCUT2D eigenvalue weighted by molar-refractivity contribution is 6.42. The van der Waals surface area contributed by atoms with Crippen LogP contribution in [0.5, 0.6) is 5.75 Å². The van der Waals surface area contributed by atoms with Crippen LogP contribution in [-0.4, -0.2) is 50.1 Å². The monoisotopic (exact) mass is 433 g/mol. The minimum Gasteiger partial charge on any atom is -0.469 e. The first kappa shape index (κ1) is 22.6. The topological polar surface area (TPSA) is 74.3 Å². The first-order valence-corrected chi connectivity index (χ1v) is 9.51. The van der Waals surface area contributed by atoms with Crippen LogP contribution in [0.25, 0.3) is 0 Å². The molecule has 1 aliphatic heterocycles. The summed E-state index contributed by atoms with van der Waals surface area (Å²) >= 11 is 12.7. The second-order valence-electron chi connectivity index (χ2n) is 7.43. The van der Waals surface area contributed by atoms with E-state index in [1.807, 2.05) is 0 Å². The maximum absolute atomic E-state index is 12.8. The molecule has 156 valence electrons. The van der Waals surface area contributed by atoms with Crippen LogP contribution >= 0.6 is 23.2 Å². The minimum absolute atomic E-state index is 0.00938. The summed E-state index contributed by atoms with van der Waals surface area (Å²) in [4.78, 5) is 26.4. The molecule has 2 rings (SSSR count). The maximum Gasteiger partial charge on any atom is 0.410 e. The lowest BCUT2D eigenvalue weighted by Gasteiger charge is -2.30. The van der Waals surface area contributed by atoms with Crippen LogP contribution < -0.4 is 4.74 Å². The van der Waals surface area contributed by atoms with Gasteiger partial charge in [-0.25, -0.2) is 4.79 Å². The number of benzene rings is 1. The summed E-state index contributed by atoms with van der Waals surface area (Å²) in [5.41, 5.74) is -0.193. The molecule has 1 aromatic rings. The molecule has 0 N–H and O–H groups in total. The average molecular weight is 434 g/mol. The summed E-state index contributed by atoms with van der Waals surface area (Å²) in [7, 11) is 2.81. The van der Waals surface area contributed by atoms with Crippen LogP contribution in [0.1, 0.15) is 38.8 Å². The lowest BCUT2D eigenvalue weighted by atomic mass is 9.99. The van der Waals surface area contributed by atoms with Gasteiger partial charge in [-0.05, 0) is 39.3 Å². The Bertz CT molecular complexity index is 734. The Morgan fingerprint density at radius 3 is 2.46 bits per heavy atom. The van der Waals surface area contributed by atoms with Gasteiger partial charge >= 0.3 is 12.1 Å². The third-order valence-corrected chi connectivity index (χ3v) is 5.04. The van der Waals surface area contributed by atoms with E-state index >= 15 is 0 Å². The Morgan fingerprint density at radius 1 is 1.21 bits per heavy atom. The van der Waals surface area contributed by atoms with E-state index in [1.165, 1.54) is 19.1 Å². The van der Waals surface area contributed by atoms with Crippen molar-refractivity contribution in [3.63, 3.8) is 0 Å². The molecule has 0 spiro atoms. The van der Waals surface area contributed by atoms with Crippen molar-refractivity contribution in [2.45, 2.75) is 38.8 Å². The van der Waals surface area contributed by atoms with Crippen molar-refractivity contribution in [2.24, 2.45) is 5.92 Å². The van der Waals surface area contributed by atoms with Crippen molar-refractivity contribution < 1.29 is 28.5 Å². The first-order valence-electron chi connectivity index (χ1n) is 8.76. The second kappa shape index (κ2) is 9.20. The van der Waals surface area contributed by atoms with Crippen molar-refractivity contribution >= 4 is 35.3 Å². The zero-order chi connectivity index (χ0) is 21.1. The number of amides is 1. The normalized spacial score (nSPS) is 19.5. The van der Waals surface area contributed by atoms with Gasteiger partial charge in [0.2, 0.25) is 0 Å². The number of ether oxygens (including phenoxy) is 4. The Hall–Kier alpha value is -1.70. The van der Waals surface area contributed by atoms with Gasteiger partial charge in [-0.2, -0.15) is 0 Å². The fourth-order valence-electron chi connectivity index (χ4n) is 3.08. The third-order valence-electron chi connectivity index (χ3n) is 4.22. The largest absolute Gasteiger partial charge is 0.469 e. The van der Waals surface area contributed by atoms with Gasteiger partial charge in [0.05, 0.1) is 29.1 Å². The molecule has 0 aromatic heterocycles. The molecule has 0 bridgehead atoms. The van der Waals surface area contributed by atoms with Gasteiger partial charge in [0, 0.05) is 19.2 Å². The smallest absolute Gasteiger partial charge is 0.410 e. The first-order chi connectivity index (χ1) is 13.1. The summed E-state index contributed by atoms with van der Waals surface area (Å²) < 4.78 is 21.0. The van der Waals surface area contributed by atoms with Crippen molar-refractivity contribution in [1.82, 2.24) is 4.90 Å². The molecular formula is C19H25Cl2NO6. The van der Waals surface area contributed by atoms with Gasteiger partial charge < -0.3 is 23.8 Å². The number of rotatable bonds is 5. The SMILES string of the molecule is COCOc1ccc(Cl)c(Cl)c1[C@H]1C[C@H](C(=O)OC)CN1C(=O)OC(C)(C)C. The fraction of sp³-hybridized carbons (Fsp3) is 0.579. The molecule has 0 aliphatic carbocycles. The Balaban J connectivity index is 2.47. The predicted molar refractivity (Wildman–Crippen MR) is 105 cm³/mol. The molecule has 0 saturated carbocycles. The van der Waals surface area contributed by atoms with Gasteiger partial charge in [-0.1, -0.05) is 23.2 Å². The molecule has 0 radical (unpaired) electrons. The number of halogens is 2. The minimum atomic E-state index is -0.696. The van der Waals surface area contributed by atoms with E-state index in [0.717, 1.165) is 0 Å². The molecule has 1 heterocycles. The molecule has 1 aliphatic rings. The molecule has 7 nitrogen and oxygen atoms in total. The number of carbonyl (C=O) groups is 2. The summed E-state index contributed by atoms with van der Waals surface area (Å²) in [6, 6.07) is 2.68. The molecular weight excluding hydrogens is 409 g/mol. The van der Waals surface area contributed by atoms with E-state index in [9.17, 15) is 9.59 Å². The standard InChI is InChI=1S/C19H25Cl2NO6/c1-19(2,3)28-18(24)22-9-11(17(23)26-5)8-13(22)15-14(27-10-25-4)7-6-12(20)16(15)21/h6-7,11,13H,8-10H2,1-5H3/t11-,13+/m0/s1. The van der Waals surface area contributed by atoms with E-state index < -0.39 is 29.6 Å². The van der Waals surface area contributed by atoms with Crippen LogP contribution in [0.3, 0.4) is 0 Å². The lowest BCUT2D eigenvalue weighted by Crippen LogP contribution is -2.37. The molecule has 1 fully saturated rings. The van der Waals surface area contributed by atoms with E-state index in [1.54, 1.807) is 32.9 Å². The van der Waals surface area contributed by atoms with Gasteiger partial charge in [-0.3, -0.25) is 4.79 Å². The lowest BCUT2D eigenvalue weighted by molar-refractivity contribution is -0.144. The highest BCUT2D eigenvalue weighted by atomic mass is 35.5. The predicted octanol–water partition coefficient (Wildman–Crippen LogP) is 4.45. The second-order valence-corrected chi connectivity index (χ2v) is 8.21. The van der Waals surface area contributed by atoms with Gasteiger partial charge in [-0.15, -0.1) is 0 Å². The number of hydrogen-bond donors (Lipinski definition) is 0. The highest BCUT2D eigenvalue weighted by Crippen LogP contribution is 2.46. The zero-order valence-electron chi connectivity index (χ0n) is 16.6. The quantitative estimate of drug-likeness (QED) is 0.504. The number of nitrogens with zero attached hydrogens (tertiary/aromatic N) is 1. The van der Waals surface area contributed by atoms with Crippen LogP contribution in [0.2, 0.25) is 10.0 Å². The summed E-state index contributed by atoms with van der Waals surface area (Å²) in [5.74, 6) is -0.512. The van der Waals surface area contributed by atoms with Crippen LogP contribution in [0, 0.1) is 5.92 Å². The Morgan fingerprint density at radius 2 is 1.89 bits per heavy atom. The number of hydrogen-bond acceptors (Lipinski definition) is 6. The van der Waals surface area contributed by atoms with E-state index in [0.29, 0.717) is 22.8 Å². The van der Waals surface area contributed by atoms with Crippen molar-refractivity contribution in [3.8, 4) is 5.75 Å². The van der Waals surface area contributed by atoms with Crippen molar-refractivity contribution in [3.05, 3.63) is 27.7 Å². The Labute approximate surface area is 174 Å². The number of methoxy groups -OCH3 is 2. The Kier molecular flexibility index (Phi) is 7.42. The van der Waals surface area contributed by atoms with Crippen molar-refractivity contribution in [2.75, 3.05) is 27.6 Å². The summed E-state index contributed by atoms with van der Waals surface area (Å²) in [6.07, 6.45) is -0.257. The van der Waals surface area contributed by atoms with Gasteiger partial charge in [0.15, 0.2) is 6.79 Å². The summed E-state index contributed by atoms with van der Waals surface area (Å²) in [6.45, 7) is 5.44. The van der Waals surface area contributed by atoms with Crippen LogP contribution in [0.4, 0.5) is 4.79 Å². The van der Waals surface area contributed by atoms with Crippen LogP contribution in [0.15, 0.2) is 12.1 Å². The van der Waals surface area contributed by atoms with Gasteiger partial charge in [0.1, 0.15) is 11.4 Å². The molecule has 28 heavy (non-hydrogen) atoms. The highest BCUT2D eigenvalue weighted by Gasteiger charge is 2.44. The average Bonchev–Trinajstić information content (AvgIpc) is 3.05. The summed E-state index contributed by atoms with van der Waals surface area (Å²) in [5, 5.41) is 0.562. The number of esters is 1. The number of likely N-dealkylation sites (tertiary alicyclic amines) is 1. The van der Waals surface area contributed by atoms with E-state index in [2.05, 4.69) is 0 Å². The molecule has 9 heteroatoms. The van der Waals surface area contributed by atoms with Gasteiger partial charge in [0.25, 0.3) is 0 Å². The maximum atomic E-state index is 12.8. The third kappa shape index (κ3) is 5.21. The molecule has 1 aromatic carbocycles. The van der Waals surface area contributed by atoms with Crippen molar-refractivity contribution in [1.29, 1.82) is 0 Å². The molecule has 2 atom stereocenters. The number of carbonyl (C=O) groups excluding carboxylic acids is 2. The zero-order valence-corrected chi connectivity index (χ0v) is 18.1. The molecule has 1 saturated heterocycles. The molecule has 0 unspecified atom stereocenters. The molecule has 1 amide bonds.